The quantitative estimate of drug-likeness (QED) is 0.802. The van der Waals surface area contributed by atoms with Crippen molar-refractivity contribution in [2.24, 2.45) is 0 Å². The van der Waals surface area contributed by atoms with Crippen molar-refractivity contribution >= 4 is 21.7 Å². The molecule has 25 heavy (non-hydrogen) atoms. The number of fused-ring (bicyclic) bond motifs is 1. The zero-order chi connectivity index (χ0) is 17.9. The standard InChI is InChI=1S/C17H25N3O4S/c1-24-12-8-18-17(21)20-11-7-14-13-15(5-6-16(14)20)25(22,23)19-9-3-2-4-10-19/h5-6,13H,2-4,7-12H2,1H3,(H,18,21). The summed E-state index contributed by atoms with van der Waals surface area (Å²) in [7, 11) is -1.86. The van der Waals surface area contributed by atoms with Crippen LogP contribution in [0.5, 0.6) is 0 Å². The van der Waals surface area contributed by atoms with Gasteiger partial charge in [-0.25, -0.2) is 13.2 Å². The van der Waals surface area contributed by atoms with Crippen LogP contribution in [0, 0.1) is 0 Å². The highest BCUT2D eigenvalue weighted by Crippen LogP contribution is 2.31. The van der Waals surface area contributed by atoms with E-state index >= 15 is 0 Å². The molecule has 1 N–H and O–H groups in total. The molecule has 0 bridgehead atoms. The van der Waals surface area contributed by atoms with Crippen LogP contribution >= 0.6 is 0 Å². The number of hydrogen-bond acceptors (Lipinski definition) is 4. The van der Waals surface area contributed by atoms with Crippen LogP contribution in [-0.2, 0) is 21.2 Å². The van der Waals surface area contributed by atoms with Crippen LogP contribution in [0.15, 0.2) is 23.1 Å². The van der Waals surface area contributed by atoms with Crippen molar-refractivity contribution in [3.63, 3.8) is 0 Å². The minimum atomic E-state index is -3.44. The van der Waals surface area contributed by atoms with Gasteiger partial charge >= 0.3 is 6.03 Å². The van der Waals surface area contributed by atoms with E-state index in [-0.39, 0.29) is 6.03 Å². The normalized spacial score (nSPS) is 18.2. The Labute approximate surface area is 149 Å². The van der Waals surface area contributed by atoms with Gasteiger partial charge in [0.1, 0.15) is 0 Å². The van der Waals surface area contributed by atoms with E-state index in [0.29, 0.717) is 44.1 Å². The smallest absolute Gasteiger partial charge is 0.321 e. The van der Waals surface area contributed by atoms with E-state index in [2.05, 4.69) is 5.32 Å². The van der Waals surface area contributed by atoms with Crippen molar-refractivity contribution < 1.29 is 17.9 Å². The Balaban J connectivity index is 1.76. The minimum Gasteiger partial charge on any atom is -0.383 e. The van der Waals surface area contributed by atoms with Crippen LogP contribution in [0.3, 0.4) is 0 Å². The topological polar surface area (TPSA) is 79.0 Å². The van der Waals surface area contributed by atoms with Crippen LogP contribution in [0.2, 0.25) is 0 Å². The Kier molecular flexibility index (Phi) is 5.61. The third-order valence-electron chi connectivity index (χ3n) is 4.73. The number of benzene rings is 1. The summed E-state index contributed by atoms with van der Waals surface area (Å²) in [6.45, 7) is 2.64. The van der Waals surface area contributed by atoms with Crippen molar-refractivity contribution in [3.8, 4) is 0 Å². The molecule has 0 radical (unpaired) electrons. The first-order chi connectivity index (χ1) is 12.0. The SMILES string of the molecule is COCCNC(=O)N1CCc2cc(S(=O)(=O)N3CCCCC3)ccc21. The van der Waals surface area contributed by atoms with E-state index in [4.69, 9.17) is 4.74 Å². The average Bonchev–Trinajstić information content (AvgIpc) is 3.06. The number of nitrogens with zero attached hydrogens (tertiary/aromatic N) is 2. The summed E-state index contributed by atoms with van der Waals surface area (Å²) in [6, 6.07) is 4.91. The maximum Gasteiger partial charge on any atom is 0.321 e. The fourth-order valence-electron chi connectivity index (χ4n) is 3.36. The van der Waals surface area contributed by atoms with E-state index in [1.807, 2.05) is 0 Å². The second kappa shape index (κ2) is 7.72. The maximum absolute atomic E-state index is 12.8. The lowest BCUT2D eigenvalue weighted by Gasteiger charge is -2.26. The van der Waals surface area contributed by atoms with Gasteiger partial charge in [-0.1, -0.05) is 6.42 Å². The molecule has 1 aromatic rings. The summed E-state index contributed by atoms with van der Waals surface area (Å²) in [5, 5.41) is 2.80. The monoisotopic (exact) mass is 367 g/mol. The molecule has 0 spiro atoms. The number of sulfonamides is 1. The molecule has 1 aromatic carbocycles. The van der Waals surface area contributed by atoms with Crippen LogP contribution in [0.25, 0.3) is 0 Å². The molecule has 8 heteroatoms. The fraction of sp³-hybridized carbons (Fsp3) is 0.588. The van der Waals surface area contributed by atoms with Crippen LogP contribution in [0.4, 0.5) is 10.5 Å². The second-order valence-electron chi connectivity index (χ2n) is 6.38. The number of nitrogens with one attached hydrogen (secondary N) is 1. The lowest BCUT2D eigenvalue weighted by Crippen LogP contribution is -2.40. The molecule has 3 rings (SSSR count). The van der Waals surface area contributed by atoms with Gasteiger partial charge in [-0.2, -0.15) is 4.31 Å². The van der Waals surface area contributed by atoms with Gasteiger partial charge in [0.05, 0.1) is 11.5 Å². The number of hydrogen-bond donors (Lipinski definition) is 1. The Morgan fingerprint density at radius 2 is 1.96 bits per heavy atom. The van der Waals surface area contributed by atoms with Gasteiger partial charge in [-0.15, -0.1) is 0 Å². The highest BCUT2D eigenvalue weighted by Gasteiger charge is 2.29. The van der Waals surface area contributed by atoms with Crippen LogP contribution < -0.4 is 10.2 Å². The van der Waals surface area contributed by atoms with E-state index in [1.54, 1.807) is 34.5 Å². The predicted octanol–water partition coefficient (Wildman–Crippen LogP) is 1.58. The molecular weight excluding hydrogens is 342 g/mol. The zero-order valence-corrected chi connectivity index (χ0v) is 15.3. The summed E-state index contributed by atoms with van der Waals surface area (Å²) in [5.41, 5.74) is 1.69. The number of methoxy groups -OCH3 is 1. The second-order valence-corrected chi connectivity index (χ2v) is 8.32. The third-order valence-corrected chi connectivity index (χ3v) is 6.62. The molecule has 0 aromatic heterocycles. The van der Waals surface area contributed by atoms with Gasteiger partial charge in [-0.3, -0.25) is 4.90 Å². The Hall–Kier alpha value is -1.64. The van der Waals surface area contributed by atoms with Crippen LogP contribution in [-0.4, -0.2) is 58.6 Å². The highest BCUT2D eigenvalue weighted by atomic mass is 32.2. The first kappa shape index (κ1) is 18.2. The number of ether oxygens (including phenoxy) is 1. The van der Waals surface area contributed by atoms with Gasteiger partial charge in [0.25, 0.3) is 0 Å². The molecule has 0 unspecified atom stereocenters. The van der Waals surface area contributed by atoms with E-state index < -0.39 is 10.0 Å². The first-order valence-electron chi connectivity index (χ1n) is 8.71. The summed E-state index contributed by atoms with van der Waals surface area (Å²) in [6.07, 6.45) is 3.58. The molecule has 138 valence electrons. The summed E-state index contributed by atoms with van der Waals surface area (Å²) >= 11 is 0. The first-order valence-corrected chi connectivity index (χ1v) is 10.2. The van der Waals surface area contributed by atoms with Crippen LogP contribution in [0.1, 0.15) is 24.8 Å². The molecule has 2 amide bonds. The molecule has 1 saturated heterocycles. The summed E-state index contributed by atoms with van der Waals surface area (Å²) in [4.78, 5) is 14.2. The van der Waals surface area contributed by atoms with Gasteiger partial charge in [0, 0.05) is 39.0 Å². The van der Waals surface area contributed by atoms with Gasteiger partial charge in [-0.05, 0) is 43.0 Å². The number of anilines is 1. The largest absolute Gasteiger partial charge is 0.383 e. The zero-order valence-electron chi connectivity index (χ0n) is 14.5. The van der Waals surface area contributed by atoms with Crippen molar-refractivity contribution in [2.75, 3.05) is 44.8 Å². The number of urea groups is 1. The van der Waals surface area contributed by atoms with Crippen molar-refractivity contribution in [3.05, 3.63) is 23.8 Å². The number of carbonyl (C=O) groups is 1. The Morgan fingerprint density at radius 1 is 1.20 bits per heavy atom. The average molecular weight is 367 g/mol. The van der Waals surface area contributed by atoms with Gasteiger partial charge in [0.2, 0.25) is 10.0 Å². The Bertz CT molecular complexity index is 729. The van der Waals surface area contributed by atoms with E-state index in [1.165, 1.54) is 0 Å². The molecule has 0 saturated carbocycles. The van der Waals surface area contributed by atoms with Crippen molar-refractivity contribution in [1.29, 1.82) is 0 Å². The minimum absolute atomic E-state index is 0.178. The van der Waals surface area contributed by atoms with Crippen molar-refractivity contribution in [1.82, 2.24) is 9.62 Å². The van der Waals surface area contributed by atoms with E-state index in [0.717, 1.165) is 30.5 Å². The third kappa shape index (κ3) is 3.80. The molecule has 2 heterocycles. The number of carbonyl (C=O) groups excluding carboxylic acids is 1. The lowest BCUT2D eigenvalue weighted by molar-refractivity contribution is 0.197. The fourth-order valence-corrected chi connectivity index (χ4v) is 4.93. The summed E-state index contributed by atoms with van der Waals surface area (Å²) in [5.74, 6) is 0. The van der Waals surface area contributed by atoms with Gasteiger partial charge in [0.15, 0.2) is 0 Å². The lowest BCUT2D eigenvalue weighted by atomic mass is 10.2. The molecule has 1 fully saturated rings. The van der Waals surface area contributed by atoms with Gasteiger partial charge < -0.3 is 10.1 Å². The highest BCUT2D eigenvalue weighted by molar-refractivity contribution is 7.89. The maximum atomic E-state index is 12.8. The number of rotatable bonds is 5. The molecule has 0 atom stereocenters. The van der Waals surface area contributed by atoms with Crippen molar-refractivity contribution in [2.45, 2.75) is 30.6 Å². The number of piperidine rings is 1. The van der Waals surface area contributed by atoms with E-state index in [9.17, 15) is 13.2 Å². The Morgan fingerprint density at radius 3 is 2.68 bits per heavy atom. The molecule has 0 aliphatic carbocycles. The molecular formula is C17H25N3O4S. The molecule has 7 nitrogen and oxygen atoms in total. The summed E-state index contributed by atoms with van der Waals surface area (Å²) < 4.78 is 32.1. The molecule has 2 aliphatic rings. The molecule has 2 aliphatic heterocycles. The number of amides is 2. The predicted molar refractivity (Wildman–Crippen MR) is 95.4 cm³/mol.